The van der Waals surface area contributed by atoms with Crippen molar-refractivity contribution in [3.05, 3.63) is 0 Å². The Morgan fingerprint density at radius 3 is 2.90 bits per heavy atom. The highest BCUT2D eigenvalue weighted by atomic mass is 16.6. The Morgan fingerprint density at radius 2 is 2.50 bits per heavy atom. The SMILES string of the molecule is COC1CCOC1C(=O)O. The van der Waals surface area contributed by atoms with Crippen molar-refractivity contribution in [1.82, 2.24) is 0 Å². The van der Waals surface area contributed by atoms with Crippen molar-refractivity contribution in [1.29, 1.82) is 0 Å². The molecular weight excluding hydrogens is 136 g/mol. The zero-order valence-electron chi connectivity index (χ0n) is 5.74. The molecular formula is C6H10O4. The first-order valence-corrected chi connectivity index (χ1v) is 3.13. The Kier molecular flexibility index (Phi) is 2.24. The predicted molar refractivity (Wildman–Crippen MR) is 32.8 cm³/mol. The van der Waals surface area contributed by atoms with Gasteiger partial charge in [-0.2, -0.15) is 0 Å². The lowest BCUT2D eigenvalue weighted by Gasteiger charge is -2.11. The van der Waals surface area contributed by atoms with Gasteiger partial charge in [0.25, 0.3) is 0 Å². The average molecular weight is 146 g/mol. The summed E-state index contributed by atoms with van der Waals surface area (Å²) >= 11 is 0. The minimum atomic E-state index is -0.940. The Labute approximate surface area is 58.7 Å². The van der Waals surface area contributed by atoms with Crippen molar-refractivity contribution in [3.8, 4) is 0 Å². The van der Waals surface area contributed by atoms with Gasteiger partial charge in [0.1, 0.15) is 0 Å². The highest BCUT2D eigenvalue weighted by Crippen LogP contribution is 2.15. The molecule has 1 N–H and O–H groups in total. The summed E-state index contributed by atoms with van der Waals surface area (Å²) in [5.74, 6) is -0.940. The number of aliphatic carboxylic acids is 1. The molecule has 1 heterocycles. The molecule has 0 radical (unpaired) electrons. The van der Waals surface area contributed by atoms with Crippen LogP contribution in [0.2, 0.25) is 0 Å². The van der Waals surface area contributed by atoms with E-state index in [0.29, 0.717) is 13.0 Å². The Bertz CT molecular complexity index is 134. The van der Waals surface area contributed by atoms with Gasteiger partial charge in [-0.05, 0) is 0 Å². The summed E-state index contributed by atoms with van der Waals surface area (Å²) < 4.78 is 9.77. The summed E-state index contributed by atoms with van der Waals surface area (Å²) in [5, 5.41) is 8.51. The predicted octanol–water partition coefficient (Wildman–Crippen LogP) is -0.125. The second-order valence-corrected chi connectivity index (χ2v) is 2.19. The summed E-state index contributed by atoms with van der Waals surface area (Å²) in [7, 11) is 1.50. The molecule has 2 unspecified atom stereocenters. The zero-order valence-corrected chi connectivity index (χ0v) is 5.74. The number of hydrogen-bond acceptors (Lipinski definition) is 3. The standard InChI is InChI=1S/C6H10O4/c1-9-4-2-3-10-5(4)6(7)8/h4-5H,2-3H2,1H3,(H,7,8). The van der Waals surface area contributed by atoms with E-state index in [1.165, 1.54) is 7.11 Å². The molecule has 0 aromatic heterocycles. The molecule has 0 bridgehead atoms. The summed E-state index contributed by atoms with van der Waals surface area (Å²) in [5.41, 5.74) is 0. The Balaban J connectivity index is 2.50. The minimum Gasteiger partial charge on any atom is -0.479 e. The molecule has 0 aromatic carbocycles. The van der Waals surface area contributed by atoms with Gasteiger partial charge in [-0.1, -0.05) is 0 Å². The van der Waals surface area contributed by atoms with Crippen LogP contribution in [0.1, 0.15) is 6.42 Å². The summed E-state index contributed by atoms with van der Waals surface area (Å²) in [4.78, 5) is 10.4. The highest BCUT2D eigenvalue weighted by Gasteiger charge is 2.33. The number of carbonyl (C=O) groups is 1. The monoisotopic (exact) mass is 146 g/mol. The first-order valence-electron chi connectivity index (χ1n) is 3.13. The van der Waals surface area contributed by atoms with E-state index in [9.17, 15) is 4.79 Å². The molecule has 4 nitrogen and oxygen atoms in total. The first kappa shape index (κ1) is 7.50. The topological polar surface area (TPSA) is 55.8 Å². The molecule has 1 rings (SSSR count). The van der Waals surface area contributed by atoms with Gasteiger partial charge in [-0.25, -0.2) is 4.79 Å². The molecule has 1 fully saturated rings. The van der Waals surface area contributed by atoms with E-state index in [-0.39, 0.29) is 6.10 Å². The summed E-state index contributed by atoms with van der Waals surface area (Å²) in [6, 6.07) is 0. The van der Waals surface area contributed by atoms with Crippen LogP contribution in [0.25, 0.3) is 0 Å². The van der Waals surface area contributed by atoms with Crippen molar-refractivity contribution in [2.75, 3.05) is 13.7 Å². The number of carboxylic acid groups (broad SMARTS) is 1. The normalized spacial score (nSPS) is 32.5. The third-order valence-corrected chi connectivity index (χ3v) is 1.58. The molecule has 1 saturated heterocycles. The van der Waals surface area contributed by atoms with Crippen molar-refractivity contribution in [2.45, 2.75) is 18.6 Å². The third kappa shape index (κ3) is 1.27. The summed E-state index contributed by atoms with van der Waals surface area (Å²) in [6.07, 6.45) is -0.351. The van der Waals surface area contributed by atoms with Crippen LogP contribution in [-0.2, 0) is 14.3 Å². The van der Waals surface area contributed by atoms with Crippen molar-refractivity contribution >= 4 is 5.97 Å². The van der Waals surface area contributed by atoms with E-state index in [2.05, 4.69) is 0 Å². The third-order valence-electron chi connectivity index (χ3n) is 1.58. The van der Waals surface area contributed by atoms with Crippen LogP contribution in [0.15, 0.2) is 0 Å². The number of ether oxygens (including phenoxy) is 2. The maximum atomic E-state index is 10.4. The maximum Gasteiger partial charge on any atom is 0.335 e. The molecule has 0 aromatic rings. The smallest absolute Gasteiger partial charge is 0.335 e. The van der Waals surface area contributed by atoms with Crippen LogP contribution in [0.3, 0.4) is 0 Å². The molecule has 1 aliphatic heterocycles. The largest absolute Gasteiger partial charge is 0.479 e. The highest BCUT2D eigenvalue weighted by molar-refractivity contribution is 5.73. The fourth-order valence-electron chi connectivity index (χ4n) is 1.04. The van der Waals surface area contributed by atoms with Gasteiger partial charge >= 0.3 is 5.97 Å². The second-order valence-electron chi connectivity index (χ2n) is 2.19. The molecule has 0 amide bonds. The maximum absolute atomic E-state index is 10.4. The fraction of sp³-hybridized carbons (Fsp3) is 0.833. The molecule has 10 heavy (non-hydrogen) atoms. The lowest BCUT2D eigenvalue weighted by Crippen LogP contribution is -2.31. The first-order chi connectivity index (χ1) is 4.75. The van der Waals surface area contributed by atoms with Crippen LogP contribution in [-0.4, -0.2) is 37.0 Å². The van der Waals surface area contributed by atoms with Gasteiger partial charge in [0.2, 0.25) is 0 Å². The average Bonchev–Trinajstić information content (AvgIpc) is 2.33. The molecule has 58 valence electrons. The molecule has 1 aliphatic rings. The number of hydrogen-bond donors (Lipinski definition) is 1. The molecule has 4 heteroatoms. The van der Waals surface area contributed by atoms with E-state index in [1.54, 1.807) is 0 Å². The van der Waals surface area contributed by atoms with Gasteiger partial charge in [-0.15, -0.1) is 0 Å². The van der Waals surface area contributed by atoms with Gasteiger partial charge < -0.3 is 14.6 Å². The van der Waals surface area contributed by atoms with Gasteiger partial charge in [0, 0.05) is 13.5 Å². The number of carboxylic acids is 1. The fourth-order valence-corrected chi connectivity index (χ4v) is 1.04. The molecule has 0 spiro atoms. The van der Waals surface area contributed by atoms with Crippen molar-refractivity contribution in [2.24, 2.45) is 0 Å². The van der Waals surface area contributed by atoms with E-state index >= 15 is 0 Å². The molecule has 2 atom stereocenters. The minimum absolute atomic E-state index is 0.266. The van der Waals surface area contributed by atoms with Crippen LogP contribution in [0, 0.1) is 0 Å². The van der Waals surface area contributed by atoms with Crippen molar-refractivity contribution in [3.63, 3.8) is 0 Å². The molecule has 0 saturated carbocycles. The number of methoxy groups -OCH3 is 1. The van der Waals surface area contributed by atoms with Gasteiger partial charge in [-0.3, -0.25) is 0 Å². The van der Waals surface area contributed by atoms with E-state index < -0.39 is 12.1 Å². The van der Waals surface area contributed by atoms with Crippen LogP contribution in [0.4, 0.5) is 0 Å². The van der Waals surface area contributed by atoms with Gasteiger partial charge in [0.05, 0.1) is 12.7 Å². The van der Waals surface area contributed by atoms with Crippen molar-refractivity contribution < 1.29 is 19.4 Å². The zero-order chi connectivity index (χ0) is 7.56. The van der Waals surface area contributed by atoms with Crippen LogP contribution >= 0.6 is 0 Å². The number of rotatable bonds is 2. The summed E-state index contributed by atoms with van der Waals surface area (Å²) in [6.45, 7) is 0.482. The van der Waals surface area contributed by atoms with E-state index in [0.717, 1.165) is 0 Å². The Morgan fingerprint density at radius 1 is 1.80 bits per heavy atom. The van der Waals surface area contributed by atoms with E-state index in [4.69, 9.17) is 14.6 Å². The Hall–Kier alpha value is -0.610. The van der Waals surface area contributed by atoms with Crippen LogP contribution in [0.5, 0.6) is 0 Å². The molecule has 0 aliphatic carbocycles. The lowest BCUT2D eigenvalue weighted by atomic mass is 10.2. The van der Waals surface area contributed by atoms with E-state index in [1.807, 2.05) is 0 Å². The quantitative estimate of drug-likeness (QED) is 0.589. The van der Waals surface area contributed by atoms with Gasteiger partial charge in [0.15, 0.2) is 6.10 Å². The second kappa shape index (κ2) is 2.98. The lowest BCUT2D eigenvalue weighted by molar-refractivity contribution is -0.152. The van der Waals surface area contributed by atoms with Crippen LogP contribution < -0.4 is 0 Å².